The number of rotatable bonds is 8. The van der Waals surface area contributed by atoms with Gasteiger partial charge in [0.2, 0.25) is 0 Å². The lowest BCUT2D eigenvalue weighted by Gasteiger charge is -2.10. The van der Waals surface area contributed by atoms with E-state index < -0.39 is 0 Å². The van der Waals surface area contributed by atoms with E-state index in [2.05, 4.69) is 37.2 Å². The largest absolute Gasteiger partial charge is 0.491 e. The van der Waals surface area contributed by atoms with E-state index in [4.69, 9.17) is 14.2 Å². The smallest absolute Gasteiger partial charge is 0.262 e. The third-order valence-corrected chi connectivity index (χ3v) is 4.04. The number of carbonyl (C=O) groups excluding carboxylic acids is 1. The number of benzene rings is 2. The number of anilines is 1. The van der Waals surface area contributed by atoms with Crippen molar-refractivity contribution in [2.45, 2.75) is 0 Å². The Labute approximate surface area is 157 Å². The lowest BCUT2D eigenvalue weighted by Crippen LogP contribution is -2.20. The summed E-state index contributed by atoms with van der Waals surface area (Å²) in [5.41, 5.74) is 0.647. The van der Waals surface area contributed by atoms with Crippen LogP contribution in [-0.4, -0.2) is 32.8 Å². The molecule has 5 nitrogen and oxygen atoms in total. The van der Waals surface area contributed by atoms with Gasteiger partial charge in [-0.15, -0.1) is 0 Å². The van der Waals surface area contributed by atoms with Gasteiger partial charge in [-0.3, -0.25) is 4.79 Å². The highest BCUT2D eigenvalue weighted by Gasteiger charge is 2.07. The van der Waals surface area contributed by atoms with Crippen LogP contribution in [0.3, 0.4) is 0 Å². The van der Waals surface area contributed by atoms with Crippen molar-refractivity contribution in [1.29, 1.82) is 0 Å². The Morgan fingerprint density at radius 1 is 1.08 bits per heavy atom. The van der Waals surface area contributed by atoms with Crippen molar-refractivity contribution in [3.05, 3.63) is 51.4 Å². The minimum Gasteiger partial charge on any atom is -0.491 e. The topological polar surface area (TPSA) is 56.8 Å². The Morgan fingerprint density at radius 3 is 2.67 bits per heavy atom. The van der Waals surface area contributed by atoms with Crippen LogP contribution in [0.1, 0.15) is 0 Å². The molecule has 0 spiro atoms. The zero-order chi connectivity index (χ0) is 17.4. The second kappa shape index (κ2) is 9.66. The fourth-order valence-electron chi connectivity index (χ4n) is 1.84. The number of methoxy groups -OCH3 is 1. The molecule has 0 aliphatic rings. The summed E-state index contributed by atoms with van der Waals surface area (Å²) in [5, 5.41) is 2.77. The van der Waals surface area contributed by atoms with Crippen molar-refractivity contribution in [2.24, 2.45) is 0 Å². The second-order valence-electron chi connectivity index (χ2n) is 4.78. The summed E-state index contributed by atoms with van der Waals surface area (Å²) in [6, 6.07) is 12.7. The third-order valence-electron chi connectivity index (χ3n) is 2.93. The second-order valence-corrected chi connectivity index (χ2v) is 6.55. The molecule has 128 valence electrons. The van der Waals surface area contributed by atoms with Crippen LogP contribution in [0.5, 0.6) is 11.5 Å². The third kappa shape index (κ3) is 6.14. The summed E-state index contributed by atoms with van der Waals surface area (Å²) in [7, 11) is 1.61. The highest BCUT2D eigenvalue weighted by atomic mass is 79.9. The number of hydrogen-bond donors (Lipinski definition) is 1. The molecule has 0 unspecified atom stereocenters. The van der Waals surface area contributed by atoms with Gasteiger partial charge < -0.3 is 19.5 Å². The first kappa shape index (κ1) is 18.8. The zero-order valence-electron chi connectivity index (χ0n) is 13.1. The highest BCUT2D eigenvalue weighted by molar-refractivity contribution is 9.11. The maximum absolute atomic E-state index is 12.0. The molecule has 2 aromatic carbocycles. The molecule has 1 amide bonds. The van der Waals surface area contributed by atoms with E-state index in [1.165, 1.54) is 0 Å². The number of hydrogen-bond acceptors (Lipinski definition) is 4. The SMILES string of the molecule is COCCOc1cccc(NC(=O)COc2ccc(Br)cc2Br)c1. The fourth-order valence-corrected chi connectivity index (χ4v) is 3.00. The predicted octanol–water partition coefficient (Wildman–Crippen LogP) is 4.25. The molecule has 0 fully saturated rings. The van der Waals surface area contributed by atoms with Crippen LogP contribution < -0.4 is 14.8 Å². The monoisotopic (exact) mass is 457 g/mol. The summed E-state index contributed by atoms with van der Waals surface area (Å²) >= 11 is 6.76. The number of amides is 1. The summed E-state index contributed by atoms with van der Waals surface area (Å²) in [5.74, 6) is 1.02. The lowest BCUT2D eigenvalue weighted by molar-refractivity contribution is -0.118. The Bertz CT molecular complexity index is 694. The van der Waals surface area contributed by atoms with Crippen molar-refractivity contribution in [2.75, 3.05) is 32.2 Å². The first-order valence-electron chi connectivity index (χ1n) is 7.18. The van der Waals surface area contributed by atoms with Crippen LogP contribution >= 0.6 is 31.9 Å². The number of halogens is 2. The molecule has 0 saturated heterocycles. The van der Waals surface area contributed by atoms with E-state index in [1.54, 1.807) is 25.3 Å². The van der Waals surface area contributed by atoms with E-state index >= 15 is 0 Å². The van der Waals surface area contributed by atoms with Gasteiger partial charge >= 0.3 is 0 Å². The van der Waals surface area contributed by atoms with Crippen LogP contribution in [0.2, 0.25) is 0 Å². The van der Waals surface area contributed by atoms with Crippen LogP contribution in [0.4, 0.5) is 5.69 Å². The van der Waals surface area contributed by atoms with E-state index in [0.29, 0.717) is 30.4 Å². The van der Waals surface area contributed by atoms with Gasteiger partial charge in [-0.05, 0) is 46.3 Å². The van der Waals surface area contributed by atoms with Crippen LogP contribution in [0.25, 0.3) is 0 Å². The molecule has 0 aliphatic heterocycles. The van der Waals surface area contributed by atoms with E-state index in [9.17, 15) is 4.79 Å². The molecule has 0 bridgehead atoms. The minimum absolute atomic E-state index is 0.0883. The minimum atomic E-state index is -0.251. The molecule has 0 atom stereocenters. The van der Waals surface area contributed by atoms with Crippen molar-refractivity contribution in [1.82, 2.24) is 0 Å². The maximum Gasteiger partial charge on any atom is 0.262 e. The number of carbonyl (C=O) groups is 1. The molecule has 2 rings (SSSR count). The van der Waals surface area contributed by atoms with Crippen molar-refractivity contribution in [3.8, 4) is 11.5 Å². The van der Waals surface area contributed by atoms with Gasteiger partial charge in [0.25, 0.3) is 5.91 Å². The Morgan fingerprint density at radius 2 is 1.92 bits per heavy atom. The molecular formula is C17H17Br2NO4. The normalized spacial score (nSPS) is 10.3. The van der Waals surface area contributed by atoms with Gasteiger partial charge in [-0.2, -0.15) is 0 Å². The van der Waals surface area contributed by atoms with E-state index in [1.807, 2.05) is 24.3 Å². The van der Waals surface area contributed by atoms with Crippen LogP contribution in [0.15, 0.2) is 51.4 Å². The average Bonchev–Trinajstić information content (AvgIpc) is 2.55. The fraction of sp³-hybridized carbons (Fsp3) is 0.235. The standard InChI is InChI=1S/C17H17Br2NO4/c1-22-7-8-23-14-4-2-3-13(10-14)20-17(21)11-24-16-6-5-12(18)9-15(16)19/h2-6,9-10H,7-8,11H2,1H3,(H,20,21). The van der Waals surface area contributed by atoms with Crippen molar-refractivity contribution >= 4 is 43.5 Å². The highest BCUT2D eigenvalue weighted by Crippen LogP contribution is 2.28. The molecule has 0 heterocycles. The molecule has 24 heavy (non-hydrogen) atoms. The van der Waals surface area contributed by atoms with Crippen molar-refractivity contribution < 1.29 is 19.0 Å². The van der Waals surface area contributed by atoms with Gasteiger partial charge in [-0.1, -0.05) is 22.0 Å². The first-order chi connectivity index (χ1) is 11.6. The van der Waals surface area contributed by atoms with Gasteiger partial charge in [0.15, 0.2) is 6.61 Å². The Hall–Kier alpha value is -1.57. The van der Waals surface area contributed by atoms with Crippen LogP contribution in [0, 0.1) is 0 Å². The predicted molar refractivity (Wildman–Crippen MR) is 99.8 cm³/mol. The molecule has 7 heteroatoms. The Kier molecular flexibility index (Phi) is 7.55. The quantitative estimate of drug-likeness (QED) is 0.600. The van der Waals surface area contributed by atoms with Crippen molar-refractivity contribution in [3.63, 3.8) is 0 Å². The summed E-state index contributed by atoms with van der Waals surface area (Å²) in [4.78, 5) is 12.0. The van der Waals surface area contributed by atoms with Crippen LogP contribution in [-0.2, 0) is 9.53 Å². The molecule has 1 N–H and O–H groups in total. The van der Waals surface area contributed by atoms with Gasteiger partial charge in [-0.25, -0.2) is 0 Å². The van der Waals surface area contributed by atoms with E-state index in [0.717, 1.165) is 8.95 Å². The molecule has 2 aromatic rings. The number of ether oxygens (including phenoxy) is 3. The summed E-state index contributed by atoms with van der Waals surface area (Å²) in [6.07, 6.45) is 0. The summed E-state index contributed by atoms with van der Waals surface area (Å²) in [6.45, 7) is 0.871. The molecule has 0 aromatic heterocycles. The molecule has 0 aliphatic carbocycles. The summed E-state index contributed by atoms with van der Waals surface area (Å²) < 4.78 is 17.6. The number of nitrogens with one attached hydrogen (secondary N) is 1. The first-order valence-corrected chi connectivity index (χ1v) is 8.76. The van der Waals surface area contributed by atoms with E-state index in [-0.39, 0.29) is 12.5 Å². The molecule has 0 saturated carbocycles. The Balaban J connectivity index is 1.86. The lowest BCUT2D eigenvalue weighted by atomic mass is 10.3. The van der Waals surface area contributed by atoms with Gasteiger partial charge in [0.1, 0.15) is 18.1 Å². The van der Waals surface area contributed by atoms with Gasteiger partial charge in [0.05, 0.1) is 11.1 Å². The molecule has 0 radical (unpaired) electrons. The zero-order valence-corrected chi connectivity index (χ0v) is 16.2. The molecular weight excluding hydrogens is 442 g/mol. The average molecular weight is 459 g/mol. The maximum atomic E-state index is 12.0. The van der Waals surface area contributed by atoms with Gasteiger partial charge in [0, 0.05) is 23.3 Å².